The van der Waals surface area contributed by atoms with Crippen LogP contribution in [-0.4, -0.2) is 26.4 Å². The summed E-state index contributed by atoms with van der Waals surface area (Å²) in [4.78, 5) is 12.3. The molecule has 0 fully saturated rings. The monoisotopic (exact) mass is 404 g/mol. The maximum atomic E-state index is 12.3. The SMILES string of the molecule is Cc1ccc(CNC(=O)CSc2nnc(-c3ccco3)n2-c2ccccc2)cc1. The molecule has 0 aliphatic carbocycles. The highest BCUT2D eigenvalue weighted by Crippen LogP contribution is 2.28. The fourth-order valence-corrected chi connectivity index (χ4v) is 3.61. The molecule has 0 spiro atoms. The molecule has 0 saturated carbocycles. The molecule has 0 saturated heterocycles. The molecule has 146 valence electrons. The second kappa shape index (κ2) is 8.79. The Morgan fingerprint density at radius 1 is 1.03 bits per heavy atom. The first-order chi connectivity index (χ1) is 14.2. The Hall–Kier alpha value is -3.32. The van der Waals surface area contributed by atoms with Gasteiger partial charge in [0, 0.05) is 12.2 Å². The van der Waals surface area contributed by atoms with Crippen molar-refractivity contribution in [2.45, 2.75) is 18.6 Å². The van der Waals surface area contributed by atoms with Gasteiger partial charge in [-0.2, -0.15) is 0 Å². The lowest BCUT2D eigenvalue weighted by atomic mass is 10.1. The van der Waals surface area contributed by atoms with Crippen molar-refractivity contribution in [3.8, 4) is 17.3 Å². The van der Waals surface area contributed by atoms with Crippen LogP contribution in [0, 0.1) is 6.92 Å². The summed E-state index contributed by atoms with van der Waals surface area (Å²) in [5.41, 5.74) is 3.18. The van der Waals surface area contributed by atoms with E-state index in [-0.39, 0.29) is 11.7 Å². The Balaban J connectivity index is 1.47. The number of carbonyl (C=O) groups excluding carboxylic acids is 1. The summed E-state index contributed by atoms with van der Waals surface area (Å²) in [6.45, 7) is 2.54. The van der Waals surface area contributed by atoms with Gasteiger partial charge in [0.25, 0.3) is 0 Å². The number of hydrogen-bond donors (Lipinski definition) is 1. The summed E-state index contributed by atoms with van der Waals surface area (Å²) in [6, 6.07) is 21.5. The van der Waals surface area contributed by atoms with Crippen LogP contribution in [0.4, 0.5) is 0 Å². The van der Waals surface area contributed by atoms with Gasteiger partial charge in [0.05, 0.1) is 12.0 Å². The summed E-state index contributed by atoms with van der Waals surface area (Å²) >= 11 is 1.34. The summed E-state index contributed by atoms with van der Waals surface area (Å²) in [6.07, 6.45) is 1.60. The highest BCUT2D eigenvalue weighted by Gasteiger charge is 2.18. The lowest BCUT2D eigenvalue weighted by Gasteiger charge is -2.09. The third-order valence-electron chi connectivity index (χ3n) is 4.33. The van der Waals surface area contributed by atoms with Gasteiger partial charge in [-0.1, -0.05) is 59.8 Å². The van der Waals surface area contributed by atoms with E-state index in [2.05, 4.69) is 15.5 Å². The molecule has 0 radical (unpaired) electrons. The van der Waals surface area contributed by atoms with Crippen molar-refractivity contribution in [3.63, 3.8) is 0 Å². The minimum absolute atomic E-state index is 0.0577. The van der Waals surface area contributed by atoms with Crippen molar-refractivity contribution in [3.05, 3.63) is 84.1 Å². The molecule has 2 aromatic carbocycles. The van der Waals surface area contributed by atoms with Crippen molar-refractivity contribution < 1.29 is 9.21 Å². The summed E-state index contributed by atoms with van der Waals surface area (Å²) in [5, 5.41) is 12.1. The minimum atomic E-state index is -0.0577. The van der Waals surface area contributed by atoms with Crippen LogP contribution in [0.5, 0.6) is 0 Å². The minimum Gasteiger partial charge on any atom is -0.461 e. The number of nitrogens with zero attached hydrogens (tertiary/aromatic N) is 3. The maximum absolute atomic E-state index is 12.3. The predicted octanol–water partition coefficient (Wildman–Crippen LogP) is 4.24. The van der Waals surface area contributed by atoms with Gasteiger partial charge in [-0.15, -0.1) is 10.2 Å². The number of aromatic nitrogens is 3. The van der Waals surface area contributed by atoms with Gasteiger partial charge in [-0.05, 0) is 36.8 Å². The molecular weight excluding hydrogens is 384 g/mol. The molecule has 1 amide bonds. The van der Waals surface area contributed by atoms with E-state index in [1.807, 2.05) is 78.2 Å². The molecule has 1 N–H and O–H groups in total. The van der Waals surface area contributed by atoms with E-state index < -0.39 is 0 Å². The van der Waals surface area contributed by atoms with Crippen molar-refractivity contribution >= 4 is 17.7 Å². The zero-order chi connectivity index (χ0) is 20.1. The zero-order valence-corrected chi connectivity index (χ0v) is 16.7. The van der Waals surface area contributed by atoms with Crippen LogP contribution in [0.1, 0.15) is 11.1 Å². The van der Waals surface area contributed by atoms with E-state index in [0.717, 1.165) is 11.3 Å². The Labute approximate surface area is 173 Å². The number of rotatable bonds is 7. The molecule has 4 aromatic rings. The number of carbonyl (C=O) groups is 1. The van der Waals surface area contributed by atoms with E-state index in [0.29, 0.717) is 23.3 Å². The lowest BCUT2D eigenvalue weighted by molar-refractivity contribution is -0.118. The topological polar surface area (TPSA) is 73.0 Å². The van der Waals surface area contributed by atoms with Gasteiger partial charge in [-0.3, -0.25) is 9.36 Å². The number of benzene rings is 2. The number of hydrogen-bond acceptors (Lipinski definition) is 5. The fraction of sp³-hybridized carbons (Fsp3) is 0.136. The first-order valence-electron chi connectivity index (χ1n) is 9.20. The van der Waals surface area contributed by atoms with Gasteiger partial charge in [0.15, 0.2) is 10.9 Å². The zero-order valence-electron chi connectivity index (χ0n) is 15.9. The van der Waals surface area contributed by atoms with Crippen molar-refractivity contribution in [1.29, 1.82) is 0 Å². The highest BCUT2D eigenvalue weighted by molar-refractivity contribution is 7.99. The van der Waals surface area contributed by atoms with Gasteiger partial charge in [0.1, 0.15) is 0 Å². The molecule has 0 aliphatic heterocycles. The molecule has 29 heavy (non-hydrogen) atoms. The van der Waals surface area contributed by atoms with Crippen molar-refractivity contribution in [2.24, 2.45) is 0 Å². The predicted molar refractivity (Wildman–Crippen MR) is 113 cm³/mol. The van der Waals surface area contributed by atoms with Gasteiger partial charge in [0.2, 0.25) is 11.7 Å². The Morgan fingerprint density at radius 3 is 2.55 bits per heavy atom. The smallest absolute Gasteiger partial charge is 0.230 e. The third-order valence-corrected chi connectivity index (χ3v) is 5.26. The van der Waals surface area contributed by atoms with Crippen LogP contribution in [-0.2, 0) is 11.3 Å². The number of para-hydroxylation sites is 1. The van der Waals surface area contributed by atoms with Crippen LogP contribution >= 0.6 is 11.8 Å². The Morgan fingerprint density at radius 2 is 1.83 bits per heavy atom. The van der Waals surface area contributed by atoms with Crippen LogP contribution in [0.25, 0.3) is 17.3 Å². The fourth-order valence-electron chi connectivity index (χ4n) is 2.83. The summed E-state index contributed by atoms with van der Waals surface area (Å²) < 4.78 is 7.40. The van der Waals surface area contributed by atoms with E-state index in [1.54, 1.807) is 6.26 Å². The molecule has 0 atom stereocenters. The van der Waals surface area contributed by atoms with E-state index in [1.165, 1.54) is 17.3 Å². The first-order valence-corrected chi connectivity index (χ1v) is 10.2. The molecule has 4 rings (SSSR count). The highest BCUT2D eigenvalue weighted by atomic mass is 32.2. The third kappa shape index (κ3) is 4.57. The molecule has 6 nitrogen and oxygen atoms in total. The second-order valence-corrected chi connectivity index (χ2v) is 7.45. The lowest BCUT2D eigenvalue weighted by Crippen LogP contribution is -2.24. The molecule has 2 aromatic heterocycles. The number of furan rings is 1. The first kappa shape index (κ1) is 19.0. The summed E-state index contributed by atoms with van der Waals surface area (Å²) in [5.74, 6) is 1.41. The molecule has 2 heterocycles. The van der Waals surface area contributed by atoms with Crippen LogP contribution in [0.15, 0.2) is 82.6 Å². The van der Waals surface area contributed by atoms with Crippen LogP contribution in [0.2, 0.25) is 0 Å². The molecule has 0 aliphatic rings. The van der Waals surface area contributed by atoms with Gasteiger partial charge in [-0.25, -0.2) is 0 Å². The average molecular weight is 404 g/mol. The van der Waals surface area contributed by atoms with E-state index in [4.69, 9.17) is 4.42 Å². The standard InChI is InChI=1S/C22H20N4O2S/c1-16-9-11-17(12-10-16)14-23-20(27)15-29-22-25-24-21(19-8-5-13-28-19)26(22)18-6-3-2-4-7-18/h2-13H,14-15H2,1H3,(H,23,27). The van der Waals surface area contributed by atoms with Crippen molar-refractivity contribution in [2.75, 3.05) is 5.75 Å². The molecule has 7 heteroatoms. The van der Waals surface area contributed by atoms with Crippen LogP contribution in [0.3, 0.4) is 0 Å². The molecule has 0 unspecified atom stereocenters. The molecule has 0 bridgehead atoms. The number of aryl methyl sites for hydroxylation is 1. The van der Waals surface area contributed by atoms with Gasteiger partial charge < -0.3 is 9.73 Å². The summed E-state index contributed by atoms with van der Waals surface area (Å²) in [7, 11) is 0. The quantitative estimate of drug-likeness (QED) is 0.466. The number of thioether (sulfide) groups is 1. The van der Waals surface area contributed by atoms with E-state index in [9.17, 15) is 4.79 Å². The number of amides is 1. The maximum Gasteiger partial charge on any atom is 0.230 e. The van der Waals surface area contributed by atoms with E-state index >= 15 is 0 Å². The molecular formula is C22H20N4O2S. The van der Waals surface area contributed by atoms with Crippen LogP contribution < -0.4 is 5.32 Å². The Bertz CT molecular complexity index is 1070. The second-order valence-electron chi connectivity index (χ2n) is 6.51. The number of nitrogens with one attached hydrogen (secondary N) is 1. The van der Waals surface area contributed by atoms with Crippen molar-refractivity contribution in [1.82, 2.24) is 20.1 Å². The Kier molecular flexibility index (Phi) is 5.76. The largest absolute Gasteiger partial charge is 0.461 e. The normalized spacial score (nSPS) is 10.8. The van der Waals surface area contributed by atoms with Gasteiger partial charge >= 0.3 is 0 Å². The average Bonchev–Trinajstić information content (AvgIpc) is 3.42.